The summed E-state index contributed by atoms with van der Waals surface area (Å²) >= 11 is 0. The summed E-state index contributed by atoms with van der Waals surface area (Å²) in [6, 6.07) is 75.1. The summed E-state index contributed by atoms with van der Waals surface area (Å²) in [4.78, 5) is 0. The smallest absolute Gasteiger partial charge is 0.168 e. The van der Waals surface area contributed by atoms with E-state index in [1.165, 1.54) is 21.5 Å². The molecular formula is C56H35N5O. The van der Waals surface area contributed by atoms with E-state index in [-0.39, 0.29) is 0 Å². The van der Waals surface area contributed by atoms with Gasteiger partial charge in [0.25, 0.3) is 0 Å². The molecule has 0 aliphatic heterocycles. The summed E-state index contributed by atoms with van der Waals surface area (Å²) in [5, 5.41) is 16.7. The minimum atomic E-state index is 0.778. The Balaban J connectivity index is 1.03. The Bertz CT molecular complexity index is 3870. The molecule has 6 heteroatoms. The molecule has 0 bridgehead atoms. The summed E-state index contributed by atoms with van der Waals surface area (Å²) in [5.41, 5.74) is 13.7. The summed E-state index contributed by atoms with van der Waals surface area (Å²) in [6.45, 7) is 0. The van der Waals surface area contributed by atoms with Crippen molar-refractivity contribution in [1.29, 1.82) is 0 Å². The van der Waals surface area contributed by atoms with Crippen molar-refractivity contribution in [2.45, 2.75) is 0 Å². The standard InChI is InChI=1S/C56H35N5O/c1-3-16-36(17-4-1)55-57-58-56(60(55)39-19-5-2-6-20-39)38-30-31-44-42-23-8-13-28-49(42)61(50(44)35-38)47-26-11-7-22-41(47)37-18-15-21-40(34-37)59-48-27-12-9-24-43(48)45-32-33-52-53(54(45)59)46-25-10-14-29-51(46)62-52/h1-35H. The number of hydrogen-bond acceptors (Lipinski definition) is 3. The van der Waals surface area contributed by atoms with Gasteiger partial charge in [0, 0.05) is 55.0 Å². The molecule has 13 rings (SSSR count). The Hall–Kier alpha value is -8.48. The topological polar surface area (TPSA) is 53.7 Å². The second-order valence-corrected chi connectivity index (χ2v) is 15.8. The van der Waals surface area contributed by atoms with Crippen LogP contribution in [0.4, 0.5) is 0 Å². The summed E-state index contributed by atoms with van der Waals surface area (Å²) in [7, 11) is 0. The number of rotatable bonds is 6. The van der Waals surface area contributed by atoms with Gasteiger partial charge in [0.15, 0.2) is 11.6 Å². The highest BCUT2D eigenvalue weighted by atomic mass is 16.3. The van der Waals surface area contributed by atoms with Gasteiger partial charge in [0.05, 0.1) is 33.1 Å². The molecule has 4 heterocycles. The monoisotopic (exact) mass is 793 g/mol. The van der Waals surface area contributed by atoms with Crippen molar-refractivity contribution in [3.05, 3.63) is 212 Å². The highest BCUT2D eigenvalue weighted by Gasteiger charge is 2.22. The number of nitrogens with zero attached hydrogens (tertiary/aromatic N) is 5. The molecule has 0 aliphatic rings. The van der Waals surface area contributed by atoms with Crippen LogP contribution in [0.1, 0.15) is 0 Å². The Kier molecular flexibility index (Phi) is 7.50. The Morgan fingerprint density at radius 3 is 1.76 bits per heavy atom. The largest absolute Gasteiger partial charge is 0.456 e. The Morgan fingerprint density at radius 2 is 0.935 bits per heavy atom. The highest BCUT2D eigenvalue weighted by molar-refractivity contribution is 6.24. The van der Waals surface area contributed by atoms with Crippen LogP contribution in [-0.2, 0) is 0 Å². The molecular weight excluding hydrogens is 759 g/mol. The van der Waals surface area contributed by atoms with Crippen LogP contribution in [0.15, 0.2) is 217 Å². The Morgan fingerprint density at radius 1 is 0.339 bits per heavy atom. The highest BCUT2D eigenvalue weighted by Crippen LogP contribution is 2.43. The number of para-hydroxylation sites is 5. The van der Waals surface area contributed by atoms with Crippen LogP contribution in [0.2, 0.25) is 0 Å². The maximum absolute atomic E-state index is 6.43. The van der Waals surface area contributed by atoms with E-state index in [2.05, 4.69) is 196 Å². The van der Waals surface area contributed by atoms with Gasteiger partial charge in [-0.25, -0.2) is 0 Å². The molecule has 0 saturated carbocycles. The third-order valence-electron chi connectivity index (χ3n) is 12.4. The van der Waals surface area contributed by atoms with Crippen molar-refractivity contribution in [1.82, 2.24) is 23.9 Å². The van der Waals surface area contributed by atoms with E-state index in [1.807, 2.05) is 30.3 Å². The van der Waals surface area contributed by atoms with Crippen molar-refractivity contribution < 1.29 is 4.42 Å². The summed E-state index contributed by atoms with van der Waals surface area (Å²) < 4.78 is 13.4. The minimum absolute atomic E-state index is 0.778. The second kappa shape index (κ2) is 13.5. The van der Waals surface area contributed by atoms with Gasteiger partial charge in [-0.2, -0.15) is 0 Å². The van der Waals surface area contributed by atoms with Crippen LogP contribution in [-0.4, -0.2) is 23.9 Å². The fraction of sp³-hybridized carbons (Fsp3) is 0. The molecule has 0 radical (unpaired) electrons. The predicted octanol–water partition coefficient (Wildman–Crippen LogP) is 14.4. The van der Waals surface area contributed by atoms with Gasteiger partial charge < -0.3 is 13.6 Å². The molecule has 0 amide bonds. The lowest BCUT2D eigenvalue weighted by atomic mass is 10.0. The first kappa shape index (κ1) is 34.4. The average Bonchev–Trinajstić information content (AvgIpc) is 4.11. The van der Waals surface area contributed by atoms with Gasteiger partial charge >= 0.3 is 0 Å². The van der Waals surface area contributed by atoms with Crippen LogP contribution < -0.4 is 0 Å². The van der Waals surface area contributed by atoms with E-state index in [0.717, 1.165) is 95.0 Å². The number of hydrogen-bond donors (Lipinski definition) is 0. The number of fused-ring (bicyclic) bond motifs is 10. The van der Waals surface area contributed by atoms with E-state index < -0.39 is 0 Å². The molecule has 0 atom stereocenters. The van der Waals surface area contributed by atoms with Gasteiger partial charge in [0.1, 0.15) is 11.2 Å². The maximum atomic E-state index is 6.43. The first-order chi connectivity index (χ1) is 30.8. The van der Waals surface area contributed by atoms with E-state index in [9.17, 15) is 0 Å². The van der Waals surface area contributed by atoms with E-state index in [1.54, 1.807) is 0 Å². The SMILES string of the molecule is c1ccc(-c2nnc(-c3ccc4c5ccccc5n(-c5ccccc5-c5cccc(-n6c7ccccc7c7ccc8oc9ccccc9c8c76)c5)c4c3)n2-c2ccccc2)cc1. The minimum Gasteiger partial charge on any atom is -0.456 e. The van der Waals surface area contributed by atoms with Gasteiger partial charge in [-0.1, -0.05) is 146 Å². The first-order valence-corrected chi connectivity index (χ1v) is 20.9. The van der Waals surface area contributed by atoms with Crippen molar-refractivity contribution in [2.75, 3.05) is 0 Å². The van der Waals surface area contributed by atoms with Crippen molar-refractivity contribution in [3.63, 3.8) is 0 Å². The molecule has 0 saturated heterocycles. The lowest BCUT2D eigenvalue weighted by Crippen LogP contribution is -2.01. The number of benzene rings is 9. The normalized spacial score (nSPS) is 11.9. The molecule has 4 aromatic heterocycles. The van der Waals surface area contributed by atoms with E-state index in [0.29, 0.717) is 0 Å². The van der Waals surface area contributed by atoms with Crippen LogP contribution in [0.25, 0.3) is 117 Å². The summed E-state index contributed by atoms with van der Waals surface area (Å²) in [6.07, 6.45) is 0. The zero-order chi connectivity index (χ0) is 40.7. The molecule has 6 nitrogen and oxygen atoms in total. The number of furan rings is 1. The van der Waals surface area contributed by atoms with Crippen molar-refractivity contribution in [2.24, 2.45) is 0 Å². The molecule has 13 aromatic rings. The molecule has 0 spiro atoms. The molecule has 0 unspecified atom stereocenters. The molecule has 290 valence electrons. The van der Waals surface area contributed by atoms with Crippen LogP contribution >= 0.6 is 0 Å². The molecule has 0 aliphatic carbocycles. The third kappa shape index (κ3) is 5.10. The van der Waals surface area contributed by atoms with Gasteiger partial charge in [-0.3, -0.25) is 4.57 Å². The van der Waals surface area contributed by atoms with Crippen LogP contribution in [0.5, 0.6) is 0 Å². The van der Waals surface area contributed by atoms with E-state index >= 15 is 0 Å². The zero-order valence-electron chi connectivity index (χ0n) is 33.4. The quantitative estimate of drug-likeness (QED) is 0.168. The van der Waals surface area contributed by atoms with Gasteiger partial charge in [0.2, 0.25) is 0 Å². The summed E-state index contributed by atoms with van der Waals surface area (Å²) in [5.74, 6) is 1.57. The fourth-order valence-corrected chi connectivity index (χ4v) is 9.69. The molecule has 0 fully saturated rings. The molecule has 0 N–H and O–H groups in total. The molecule has 9 aromatic carbocycles. The fourth-order valence-electron chi connectivity index (χ4n) is 9.69. The van der Waals surface area contributed by atoms with Gasteiger partial charge in [-0.05, 0) is 72.3 Å². The zero-order valence-corrected chi connectivity index (χ0v) is 33.4. The second-order valence-electron chi connectivity index (χ2n) is 15.8. The van der Waals surface area contributed by atoms with Crippen LogP contribution in [0.3, 0.4) is 0 Å². The lowest BCUT2D eigenvalue weighted by Gasteiger charge is -2.16. The average molecular weight is 794 g/mol. The first-order valence-electron chi connectivity index (χ1n) is 20.9. The van der Waals surface area contributed by atoms with Crippen LogP contribution in [0, 0.1) is 0 Å². The molecule has 62 heavy (non-hydrogen) atoms. The predicted molar refractivity (Wildman–Crippen MR) is 254 cm³/mol. The number of aromatic nitrogens is 5. The van der Waals surface area contributed by atoms with Gasteiger partial charge in [-0.15, -0.1) is 10.2 Å². The lowest BCUT2D eigenvalue weighted by molar-refractivity contribution is 0.669. The Labute approximate surface area is 355 Å². The van der Waals surface area contributed by atoms with Crippen molar-refractivity contribution >= 4 is 65.6 Å². The maximum Gasteiger partial charge on any atom is 0.168 e. The van der Waals surface area contributed by atoms with E-state index in [4.69, 9.17) is 14.6 Å². The van der Waals surface area contributed by atoms with Crippen molar-refractivity contribution in [3.8, 4) is 51.0 Å². The third-order valence-corrected chi connectivity index (χ3v) is 12.4.